The number of rotatable bonds is 3. The second kappa shape index (κ2) is 6.00. The third kappa shape index (κ3) is 3.60. The van der Waals surface area contributed by atoms with Crippen LogP contribution < -0.4 is 10.5 Å². The quantitative estimate of drug-likeness (QED) is 0.737. The molecule has 2 rings (SSSR count). The molecule has 21 heavy (non-hydrogen) atoms. The van der Waals surface area contributed by atoms with Crippen LogP contribution in [0.25, 0.3) is 0 Å². The van der Waals surface area contributed by atoms with Crippen molar-refractivity contribution < 1.29 is 12.8 Å². The summed E-state index contributed by atoms with van der Waals surface area (Å²) in [7, 11) is -3.99. The van der Waals surface area contributed by atoms with Crippen molar-refractivity contribution in [3.05, 3.63) is 50.7 Å². The van der Waals surface area contributed by atoms with Gasteiger partial charge in [-0.3, -0.25) is 4.72 Å². The minimum absolute atomic E-state index is 0.0194. The number of nitrogens with two attached hydrogens (primary N) is 1. The standard InChI is InChI=1S/C12H8BrCl2FN2O2S/c13-8-3-6(16)4-10(15)12(8)18-21(19,20)11-2-1-7(17)5-9(11)14/h1-5,18H,17H2. The van der Waals surface area contributed by atoms with Crippen molar-refractivity contribution in [3.63, 3.8) is 0 Å². The molecule has 4 nitrogen and oxygen atoms in total. The maximum absolute atomic E-state index is 13.1. The molecule has 0 aromatic heterocycles. The second-order valence-corrected chi connectivity index (χ2v) is 7.36. The van der Waals surface area contributed by atoms with E-state index in [-0.39, 0.29) is 25.1 Å². The minimum Gasteiger partial charge on any atom is -0.399 e. The molecule has 0 aliphatic heterocycles. The van der Waals surface area contributed by atoms with Crippen LogP contribution in [0.3, 0.4) is 0 Å². The molecule has 112 valence electrons. The van der Waals surface area contributed by atoms with Gasteiger partial charge in [0, 0.05) is 10.2 Å². The topological polar surface area (TPSA) is 72.2 Å². The zero-order valence-corrected chi connectivity index (χ0v) is 14.1. The summed E-state index contributed by atoms with van der Waals surface area (Å²) >= 11 is 14.8. The molecule has 0 aliphatic rings. The Labute approximate surface area is 139 Å². The number of hydrogen-bond acceptors (Lipinski definition) is 3. The molecule has 0 aliphatic carbocycles. The zero-order chi connectivity index (χ0) is 15.8. The molecule has 0 radical (unpaired) electrons. The molecule has 0 fully saturated rings. The average molecular weight is 414 g/mol. The predicted molar refractivity (Wildman–Crippen MR) is 85.8 cm³/mol. The highest BCUT2D eigenvalue weighted by Crippen LogP contribution is 2.34. The SMILES string of the molecule is Nc1ccc(S(=O)(=O)Nc2c(Cl)cc(F)cc2Br)c(Cl)c1. The highest BCUT2D eigenvalue weighted by atomic mass is 79.9. The number of nitrogens with one attached hydrogen (secondary N) is 1. The van der Waals surface area contributed by atoms with Crippen LogP contribution >= 0.6 is 39.1 Å². The van der Waals surface area contributed by atoms with Crippen molar-refractivity contribution in [2.45, 2.75) is 4.90 Å². The number of nitrogen functional groups attached to an aromatic ring is 1. The number of anilines is 2. The van der Waals surface area contributed by atoms with Crippen molar-refractivity contribution in [2.24, 2.45) is 0 Å². The Morgan fingerprint density at radius 1 is 1.14 bits per heavy atom. The van der Waals surface area contributed by atoms with Gasteiger partial charge in [-0.25, -0.2) is 12.8 Å². The van der Waals surface area contributed by atoms with Crippen LogP contribution in [0.4, 0.5) is 15.8 Å². The first-order valence-corrected chi connectivity index (χ1v) is 8.46. The molecular formula is C12H8BrCl2FN2O2S. The van der Waals surface area contributed by atoms with Crippen molar-refractivity contribution in [1.29, 1.82) is 0 Å². The lowest BCUT2D eigenvalue weighted by atomic mass is 10.3. The fourth-order valence-electron chi connectivity index (χ4n) is 1.56. The summed E-state index contributed by atoms with van der Waals surface area (Å²) in [6.07, 6.45) is 0. The molecule has 0 heterocycles. The minimum atomic E-state index is -3.99. The van der Waals surface area contributed by atoms with Gasteiger partial charge in [-0.1, -0.05) is 23.2 Å². The molecule has 0 unspecified atom stereocenters. The lowest BCUT2D eigenvalue weighted by molar-refractivity contribution is 0.601. The third-order valence-electron chi connectivity index (χ3n) is 2.49. The Morgan fingerprint density at radius 3 is 2.38 bits per heavy atom. The maximum Gasteiger partial charge on any atom is 0.263 e. The van der Waals surface area contributed by atoms with Gasteiger partial charge in [-0.2, -0.15) is 0 Å². The zero-order valence-electron chi connectivity index (χ0n) is 10.2. The van der Waals surface area contributed by atoms with Gasteiger partial charge in [0.2, 0.25) is 0 Å². The van der Waals surface area contributed by atoms with E-state index in [1.54, 1.807) is 0 Å². The summed E-state index contributed by atoms with van der Waals surface area (Å²) in [5.41, 5.74) is 5.87. The number of sulfonamides is 1. The van der Waals surface area contributed by atoms with Gasteiger partial charge >= 0.3 is 0 Å². The van der Waals surface area contributed by atoms with E-state index in [1.165, 1.54) is 18.2 Å². The largest absolute Gasteiger partial charge is 0.399 e. The fraction of sp³-hybridized carbons (Fsp3) is 0. The van der Waals surface area contributed by atoms with Gasteiger partial charge in [-0.15, -0.1) is 0 Å². The van der Waals surface area contributed by atoms with E-state index in [9.17, 15) is 12.8 Å². The van der Waals surface area contributed by atoms with Crippen LogP contribution in [0.5, 0.6) is 0 Å². The normalized spacial score (nSPS) is 11.4. The predicted octanol–water partition coefficient (Wildman–Crippen LogP) is 4.28. The van der Waals surface area contributed by atoms with Crippen LogP contribution in [0, 0.1) is 5.82 Å². The molecule has 2 aromatic rings. The molecular weight excluding hydrogens is 406 g/mol. The van der Waals surface area contributed by atoms with Gasteiger partial charge < -0.3 is 5.73 Å². The summed E-state index contributed by atoms with van der Waals surface area (Å²) in [6.45, 7) is 0. The van der Waals surface area contributed by atoms with Crippen LogP contribution in [0.2, 0.25) is 10.0 Å². The summed E-state index contributed by atoms with van der Waals surface area (Å²) < 4.78 is 40.2. The Bertz CT molecular complexity index is 792. The van der Waals surface area contributed by atoms with Gasteiger partial charge in [0.15, 0.2) is 0 Å². The van der Waals surface area contributed by atoms with Crippen molar-refractivity contribution in [1.82, 2.24) is 0 Å². The summed E-state index contributed by atoms with van der Waals surface area (Å²) in [4.78, 5) is -0.161. The van der Waals surface area contributed by atoms with E-state index in [2.05, 4.69) is 20.7 Å². The summed E-state index contributed by atoms with van der Waals surface area (Å²) in [5.74, 6) is -0.597. The van der Waals surface area contributed by atoms with Gasteiger partial charge in [0.05, 0.1) is 15.7 Å². The van der Waals surface area contributed by atoms with E-state index in [4.69, 9.17) is 28.9 Å². The summed E-state index contributed by atoms with van der Waals surface area (Å²) in [6, 6.07) is 6.08. The van der Waals surface area contributed by atoms with E-state index in [0.717, 1.165) is 12.1 Å². The van der Waals surface area contributed by atoms with E-state index in [1.807, 2.05) is 0 Å². The van der Waals surface area contributed by atoms with Gasteiger partial charge in [0.1, 0.15) is 10.7 Å². The molecule has 9 heteroatoms. The monoisotopic (exact) mass is 412 g/mol. The van der Waals surface area contributed by atoms with Gasteiger partial charge in [0.25, 0.3) is 10.0 Å². The Hall–Kier alpha value is -1.02. The van der Waals surface area contributed by atoms with Crippen molar-refractivity contribution >= 4 is 60.5 Å². The van der Waals surface area contributed by atoms with Crippen LogP contribution in [0.1, 0.15) is 0 Å². The van der Waals surface area contributed by atoms with Crippen LogP contribution in [-0.2, 0) is 10.0 Å². The van der Waals surface area contributed by atoms with Gasteiger partial charge in [-0.05, 0) is 46.3 Å². The highest BCUT2D eigenvalue weighted by molar-refractivity contribution is 9.10. The lowest BCUT2D eigenvalue weighted by Gasteiger charge is -2.13. The second-order valence-electron chi connectivity index (χ2n) is 4.04. The molecule has 0 spiro atoms. The highest BCUT2D eigenvalue weighted by Gasteiger charge is 2.21. The van der Waals surface area contributed by atoms with E-state index < -0.39 is 15.8 Å². The average Bonchev–Trinajstić information content (AvgIpc) is 2.33. The van der Waals surface area contributed by atoms with Crippen LogP contribution in [-0.4, -0.2) is 8.42 Å². The fourth-order valence-corrected chi connectivity index (χ4v) is 4.31. The summed E-state index contributed by atoms with van der Waals surface area (Å²) in [5, 5.41) is -0.117. The number of halogens is 4. The van der Waals surface area contributed by atoms with Crippen molar-refractivity contribution in [2.75, 3.05) is 10.5 Å². The Morgan fingerprint density at radius 2 is 1.81 bits per heavy atom. The third-order valence-corrected chi connectivity index (χ3v) is 5.24. The molecule has 0 amide bonds. The molecule has 0 bridgehead atoms. The molecule has 0 saturated carbocycles. The molecule has 0 atom stereocenters. The van der Waals surface area contributed by atoms with Crippen molar-refractivity contribution in [3.8, 4) is 0 Å². The number of benzene rings is 2. The Balaban J connectivity index is 2.47. The lowest BCUT2D eigenvalue weighted by Crippen LogP contribution is -2.14. The van der Waals surface area contributed by atoms with E-state index >= 15 is 0 Å². The molecule has 0 saturated heterocycles. The molecule has 3 N–H and O–H groups in total. The number of hydrogen-bond donors (Lipinski definition) is 2. The first kappa shape index (κ1) is 16.4. The van der Waals surface area contributed by atoms with Crippen LogP contribution in [0.15, 0.2) is 39.7 Å². The Kier molecular flexibility index (Phi) is 4.67. The first-order chi connectivity index (χ1) is 9.70. The smallest absolute Gasteiger partial charge is 0.263 e. The first-order valence-electron chi connectivity index (χ1n) is 5.43. The maximum atomic E-state index is 13.1. The van der Waals surface area contributed by atoms with E-state index in [0.29, 0.717) is 5.69 Å². The molecule has 2 aromatic carbocycles.